The molecule has 0 aliphatic heterocycles. The first-order chi connectivity index (χ1) is 17.1. The number of rotatable bonds is 2. The van der Waals surface area contributed by atoms with E-state index in [0.717, 1.165) is 60.8 Å². The van der Waals surface area contributed by atoms with Gasteiger partial charge in [-0.05, 0) is 30.3 Å². The largest absolute Gasteiger partial charge is 0.726 e. The highest BCUT2D eigenvalue weighted by Crippen LogP contribution is 2.41. The van der Waals surface area contributed by atoms with Crippen LogP contribution in [0.25, 0.3) is 55.1 Å². The third kappa shape index (κ3) is 4.27. The molecule has 0 fully saturated rings. The van der Waals surface area contributed by atoms with E-state index in [-0.39, 0.29) is 0 Å². The molecule has 0 saturated heterocycles. The molecule has 6 aromatic rings. The van der Waals surface area contributed by atoms with Crippen LogP contribution >= 0.6 is 0 Å². The second-order valence-electron chi connectivity index (χ2n) is 8.45. The molecule has 8 nitrogen and oxygen atoms in total. The summed E-state index contributed by atoms with van der Waals surface area (Å²) >= 11 is 0. The highest BCUT2D eigenvalue weighted by Gasteiger charge is 2.26. The zero-order chi connectivity index (χ0) is 25.6. The minimum Gasteiger partial charge on any atom is -0.726 e. The van der Waals surface area contributed by atoms with Crippen molar-refractivity contribution >= 4 is 54.4 Å². The number of aromatic nitrogens is 2. The smallest absolute Gasteiger partial charge is 0.220 e. The highest BCUT2D eigenvalue weighted by molar-refractivity contribution is 7.79. The van der Waals surface area contributed by atoms with Gasteiger partial charge >= 0.3 is 0 Å². The number of pyridine rings is 2. The first-order valence-corrected chi connectivity index (χ1v) is 12.3. The van der Waals surface area contributed by atoms with Gasteiger partial charge in [0.15, 0.2) is 0 Å². The summed E-state index contributed by atoms with van der Waals surface area (Å²) in [5.74, 6) is 0. The standard InChI is InChI=1S/C27H20N4.H2O4S/c1-31-23-15-19(29)12-20-25(23)24-21(27(31)17-10-6-3-7-11-17)13-18(28)14-22(24)30-26(20)16-8-4-2-5-9-16;1-5(2,3)4/h2-15,29H,28H2,1H3;(H2,1,2,3,4). The van der Waals surface area contributed by atoms with Crippen LogP contribution in [-0.2, 0) is 17.4 Å². The van der Waals surface area contributed by atoms with Crippen LogP contribution in [0.2, 0.25) is 0 Å². The molecule has 180 valence electrons. The van der Waals surface area contributed by atoms with Crippen LogP contribution in [0.1, 0.15) is 0 Å². The van der Waals surface area contributed by atoms with Crippen molar-refractivity contribution in [1.82, 2.24) is 4.98 Å². The van der Waals surface area contributed by atoms with Crippen molar-refractivity contribution in [2.45, 2.75) is 0 Å². The zero-order valence-corrected chi connectivity index (χ0v) is 20.0. The van der Waals surface area contributed by atoms with Gasteiger partial charge in [-0.15, -0.1) is 0 Å². The molecular weight excluding hydrogens is 476 g/mol. The lowest BCUT2D eigenvalue weighted by atomic mass is 9.93. The van der Waals surface area contributed by atoms with E-state index in [2.05, 4.69) is 60.1 Å². The van der Waals surface area contributed by atoms with E-state index in [1.165, 1.54) is 0 Å². The molecule has 0 radical (unpaired) electrons. The molecule has 0 unspecified atom stereocenters. The normalized spacial score (nSPS) is 11.6. The predicted molar refractivity (Wildman–Crippen MR) is 141 cm³/mol. The highest BCUT2D eigenvalue weighted by atomic mass is 32.3. The lowest BCUT2D eigenvalue weighted by Crippen LogP contribution is -2.33. The number of aryl methyl sites for hydroxylation is 1. The summed E-state index contributed by atoms with van der Waals surface area (Å²) in [6, 6.07) is 28.8. The molecule has 0 atom stereocenters. The SMILES string of the molecule is C[n+]1c(-c2ccccc2)c2cc(N)cc3nc(-c4ccccc4)c4cc(N)cc1c4c32.O=S(=O)([O-])O. The van der Waals surface area contributed by atoms with Crippen molar-refractivity contribution < 1.29 is 22.1 Å². The minimum atomic E-state index is -4.92. The molecule has 0 amide bonds. The Labute approximate surface area is 207 Å². The van der Waals surface area contributed by atoms with Crippen molar-refractivity contribution in [3.8, 4) is 22.5 Å². The number of hydrogen-bond donors (Lipinski definition) is 3. The van der Waals surface area contributed by atoms with E-state index in [1.54, 1.807) is 0 Å². The van der Waals surface area contributed by atoms with Gasteiger partial charge in [0.05, 0.1) is 22.0 Å². The molecule has 0 spiro atoms. The summed E-state index contributed by atoms with van der Waals surface area (Å²) in [5.41, 5.74) is 20.4. The van der Waals surface area contributed by atoms with Crippen molar-refractivity contribution in [3.05, 3.63) is 84.9 Å². The van der Waals surface area contributed by atoms with Gasteiger partial charge in [0.25, 0.3) is 0 Å². The average Bonchev–Trinajstić information content (AvgIpc) is 2.82. The van der Waals surface area contributed by atoms with Crippen LogP contribution in [0.15, 0.2) is 84.9 Å². The van der Waals surface area contributed by atoms with Crippen molar-refractivity contribution in [2.75, 3.05) is 11.5 Å². The zero-order valence-electron chi connectivity index (χ0n) is 19.2. The first kappa shape index (κ1) is 23.4. The molecule has 2 heterocycles. The van der Waals surface area contributed by atoms with E-state index in [4.69, 9.17) is 34.0 Å². The maximum absolute atomic E-state index is 8.63. The Morgan fingerprint density at radius 3 is 1.94 bits per heavy atom. The Hall–Kier alpha value is -4.31. The Balaban J connectivity index is 0.000000489. The molecular formula is C27H22N4O4S. The summed E-state index contributed by atoms with van der Waals surface area (Å²) in [5, 5.41) is 4.43. The van der Waals surface area contributed by atoms with Gasteiger partial charge in [-0.1, -0.05) is 48.5 Å². The van der Waals surface area contributed by atoms with Crippen LogP contribution in [0.4, 0.5) is 11.4 Å². The van der Waals surface area contributed by atoms with Crippen LogP contribution in [0.3, 0.4) is 0 Å². The minimum absolute atomic E-state index is 0.703. The van der Waals surface area contributed by atoms with Gasteiger partial charge in [-0.3, -0.25) is 4.55 Å². The summed E-state index contributed by atoms with van der Waals surface area (Å²) in [6.07, 6.45) is 0. The summed E-state index contributed by atoms with van der Waals surface area (Å²) in [7, 11) is -2.82. The number of nitrogens with two attached hydrogens (primary N) is 2. The van der Waals surface area contributed by atoms with Gasteiger partial charge in [-0.25, -0.2) is 13.4 Å². The number of nitrogens with zero attached hydrogens (tertiary/aromatic N) is 2. The van der Waals surface area contributed by atoms with Crippen LogP contribution < -0.4 is 16.0 Å². The Morgan fingerprint density at radius 1 is 0.806 bits per heavy atom. The fourth-order valence-corrected chi connectivity index (χ4v) is 4.79. The van der Waals surface area contributed by atoms with Crippen molar-refractivity contribution in [3.63, 3.8) is 0 Å². The quantitative estimate of drug-likeness (QED) is 0.106. The van der Waals surface area contributed by atoms with Gasteiger partial charge in [0, 0.05) is 39.3 Å². The molecule has 36 heavy (non-hydrogen) atoms. The molecule has 4 aromatic carbocycles. The molecule has 0 aliphatic rings. The van der Waals surface area contributed by atoms with Crippen LogP contribution in [0.5, 0.6) is 0 Å². The third-order valence-corrected chi connectivity index (χ3v) is 6.06. The molecule has 0 aliphatic carbocycles. The van der Waals surface area contributed by atoms with E-state index in [9.17, 15) is 0 Å². The third-order valence-electron chi connectivity index (χ3n) is 6.06. The van der Waals surface area contributed by atoms with E-state index < -0.39 is 10.4 Å². The molecule has 9 heteroatoms. The van der Waals surface area contributed by atoms with Crippen molar-refractivity contribution in [1.29, 1.82) is 0 Å². The summed E-state index contributed by atoms with van der Waals surface area (Å²) in [4.78, 5) is 5.10. The number of anilines is 2. The first-order valence-electron chi connectivity index (χ1n) is 11.0. The van der Waals surface area contributed by atoms with Gasteiger partial charge in [-0.2, -0.15) is 4.57 Å². The average molecular weight is 499 g/mol. The van der Waals surface area contributed by atoms with Crippen LogP contribution in [-0.4, -0.2) is 22.5 Å². The summed E-state index contributed by atoms with van der Waals surface area (Å²) in [6.45, 7) is 0. The maximum atomic E-state index is 8.63. The van der Waals surface area contributed by atoms with E-state index in [0.29, 0.717) is 5.69 Å². The molecule has 2 aromatic heterocycles. The number of nitrogen functional groups attached to an aromatic ring is 2. The predicted octanol–water partition coefficient (Wildman–Crippen LogP) is 4.31. The molecule has 0 saturated carbocycles. The maximum Gasteiger partial charge on any atom is 0.220 e. The lowest BCUT2D eigenvalue weighted by molar-refractivity contribution is -0.632. The summed E-state index contributed by atoms with van der Waals surface area (Å²) < 4.78 is 35.1. The van der Waals surface area contributed by atoms with Gasteiger partial charge in [0.2, 0.25) is 21.6 Å². The Morgan fingerprint density at radius 2 is 1.33 bits per heavy atom. The Kier molecular flexibility index (Phi) is 5.68. The van der Waals surface area contributed by atoms with E-state index >= 15 is 0 Å². The molecule has 5 N–H and O–H groups in total. The second-order valence-corrected chi connectivity index (χ2v) is 9.31. The fraction of sp³-hybridized carbons (Fsp3) is 0.0370. The Bertz CT molecular complexity index is 1830. The lowest BCUT2D eigenvalue weighted by Gasteiger charge is -2.16. The van der Waals surface area contributed by atoms with E-state index in [1.807, 2.05) is 36.4 Å². The van der Waals surface area contributed by atoms with Gasteiger partial charge in [0.1, 0.15) is 7.05 Å². The van der Waals surface area contributed by atoms with Gasteiger partial charge < -0.3 is 16.0 Å². The van der Waals surface area contributed by atoms with Crippen molar-refractivity contribution in [2.24, 2.45) is 7.05 Å². The molecule has 6 rings (SSSR count). The van der Waals surface area contributed by atoms with Crippen LogP contribution in [0, 0.1) is 0 Å². The number of benzene rings is 4. The second kappa shape index (κ2) is 8.72. The molecule has 0 bridgehead atoms. The number of hydrogen-bond acceptors (Lipinski definition) is 6. The fourth-order valence-electron chi connectivity index (χ4n) is 4.79. The topological polar surface area (TPSA) is 146 Å². The monoisotopic (exact) mass is 498 g/mol.